The number of aryl methyl sites for hydroxylation is 1. The van der Waals surface area contributed by atoms with Gasteiger partial charge in [-0.25, -0.2) is 0 Å². The molecule has 0 spiro atoms. The van der Waals surface area contributed by atoms with Gasteiger partial charge < -0.3 is 10.1 Å². The maximum absolute atomic E-state index is 13.0. The van der Waals surface area contributed by atoms with Crippen LogP contribution in [-0.2, 0) is 11.3 Å². The van der Waals surface area contributed by atoms with Crippen molar-refractivity contribution in [3.8, 4) is 16.9 Å². The van der Waals surface area contributed by atoms with Crippen LogP contribution in [0.3, 0.4) is 0 Å². The first-order valence-corrected chi connectivity index (χ1v) is 11.5. The van der Waals surface area contributed by atoms with Gasteiger partial charge in [0, 0.05) is 35.8 Å². The molecule has 1 heterocycles. The molecule has 0 atom stereocenters. The lowest BCUT2D eigenvalue weighted by molar-refractivity contribution is -0.113. The molecule has 0 saturated heterocycles. The summed E-state index contributed by atoms with van der Waals surface area (Å²) in [6, 6.07) is 23.2. The van der Waals surface area contributed by atoms with Crippen LogP contribution in [0.25, 0.3) is 17.2 Å². The Hall–Kier alpha value is -3.37. The Morgan fingerprint density at radius 1 is 1.00 bits per heavy atom. The van der Waals surface area contributed by atoms with Crippen LogP contribution in [0.2, 0.25) is 0 Å². The van der Waals surface area contributed by atoms with Crippen LogP contribution in [0.15, 0.2) is 72.3 Å². The Bertz CT molecular complexity index is 1150. The van der Waals surface area contributed by atoms with Crippen molar-refractivity contribution in [2.45, 2.75) is 39.8 Å². The first-order chi connectivity index (χ1) is 15.9. The van der Waals surface area contributed by atoms with Gasteiger partial charge in [0.15, 0.2) is 0 Å². The molecule has 1 aliphatic rings. The van der Waals surface area contributed by atoms with Crippen molar-refractivity contribution in [2.75, 3.05) is 19.0 Å². The monoisotopic (exact) mass is 440 g/mol. The minimum Gasteiger partial charge on any atom is -0.493 e. The number of ether oxygens (including phenoxy) is 1. The molecule has 1 amide bonds. The third kappa shape index (κ3) is 5.71. The highest BCUT2D eigenvalue weighted by atomic mass is 16.5. The summed E-state index contributed by atoms with van der Waals surface area (Å²) in [5.41, 5.74) is 7.17. The number of amides is 1. The maximum atomic E-state index is 13.0. The van der Waals surface area contributed by atoms with Crippen LogP contribution in [-0.4, -0.2) is 30.5 Å². The first kappa shape index (κ1) is 22.8. The number of hydrogen-bond acceptors (Lipinski definition) is 3. The lowest BCUT2D eigenvalue weighted by atomic mass is 10.00. The van der Waals surface area contributed by atoms with Gasteiger partial charge in [-0.05, 0) is 74.9 Å². The van der Waals surface area contributed by atoms with Gasteiger partial charge in [-0.2, -0.15) is 0 Å². The van der Waals surface area contributed by atoms with Crippen molar-refractivity contribution >= 4 is 17.7 Å². The highest BCUT2D eigenvalue weighted by molar-refractivity contribution is 6.07. The second-order valence-electron chi connectivity index (χ2n) is 9.05. The summed E-state index contributed by atoms with van der Waals surface area (Å²) in [6.07, 6.45) is 2.53. The number of benzene rings is 3. The van der Waals surface area contributed by atoms with Crippen LogP contribution in [0.5, 0.6) is 5.75 Å². The molecule has 170 valence electrons. The molecule has 33 heavy (non-hydrogen) atoms. The molecule has 0 fully saturated rings. The molecule has 4 heteroatoms. The summed E-state index contributed by atoms with van der Waals surface area (Å²) in [6.45, 7) is 7.81. The summed E-state index contributed by atoms with van der Waals surface area (Å²) in [5.74, 6) is 0.728. The van der Waals surface area contributed by atoms with E-state index < -0.39 is 0 Å². The van der Waals surface area contributed by atoms with Crippen molar-refractivity contribution in [2.24, 2.45) is 0 Å². The molecule has 0 aromatic heterocycles. The van der Waals surface area contributed by atoms with E-state index in [4.69, 9.17) is 4.74 Å². The van der Waals surface area contributed by atoms with Crippen LogP contribution >= 0.6 is 0 Å². The molecule has 3 aromatic carbocycles. The number of rotatable bonds is 6. The molecule has 0 saturated carbocycles. The van der Waals surface area contributed by atoms with Crippen LogP contribution in [0.4, 0.5) is 5.69 Å². The summed E-state index contributed by atoms with van der Waals surface area (Å²) < 4.78 is 5.92. The Labute approximate surface area is 196 Å². The number of nitrogens with zero attached hydrogens (tertiary/aromatic N) is 1. The second kappa shape index (κ2) is 10.1. The van der Waals surface area contributed by atoms with Gasteiger partial charge in [0.1, 0.15) is 5.75 Å². The zero-order valence-corrected chi connectivity index (χ0v) is 19.9. The predicted molar refractivity (Wildman–Crippen MR) is 136 cm³/mol. The van der Waals surface area contributed by atoms with Gasteiger partial charge in [-0.15, -0.1) is 0 Å². The molecular weight excluding hydrogens is 408 g/mol. The zero-order chi connectivity index (χ0) is 23.4. The lowest BCUT2D eigenvalue weighted by Gasteiger charge is -2.21. The van der Waals surface area contributed by atoms with Crippen LogP contribution < -0.4 is 10.1 Å². The van der Waals surface area contributed by atoms with E-state index in [2.05, 4.69) is 86.6 Å². The van der Waals surface area contributed by atoms with E-state index in [9.17, 15) is 4.79 Å². The van der Waals surface area contributed by atoms with Gasteiger partial charge in [-0.3, -0.25) is 9.69 Å². The molecule has 0 unspecified atom stereocenters. The molecule has 3 aromatic rings. The number of carbonyl (C=O) groups excluding carboxylic acids is 1. The van der Waals surface area contributed by atoms with E-state index in [1.807, 2.05) is 24.3 Å². The van der Waals surface area contributed by atoms with Crippen molar-refractivity contribution in [1.82, 2.24) is 4.90 Å². The Morgan fingerprint density at radius 2 is 1.70 bits per heavy atom. The van der Waals surface area contributed by atoms with E-state index in [0.29, 0.717) is 19.1 Å². The number of nitrogens with one attached hydrogen (secondary N) is 1. The van der Waals surface area contributed by atoms with Crippen molar-refractivity contribution in [1.29, 1.82) is 0 Å². The van der Waals surface area contributed by atoms with E-state index in [-0.39, 0.29) is 5.91 Å². The van der Waals surface area contributed by atoms with Crippen LogP contribution in [0, 0.1) is 6.92 Å². The third-order valence-corrected chi connectivity index (χ3v) is 6.17. The summed E-state index contributed by atoms with van der Waals surface area (Å²) in [4.78, 5) is 15.3. The fourth-order valence-corrected chi connectivity index (χ4v) is 3.80. The van der Waals surface area contributed by atoms with Gasteiger partial charge in [0.2, 0.25) is 0 Å². The fourth-order valence-electron chi connectivity index (χ4n) is 3.80. The standard InChI is InChI=1S/C29H32N2O2/c1-20(2)31(4)19-22-7-12-27(13-8-22)30-29(32)25-15-16-33-28-14-11-24(17-26(28)18-25)23-9-5-21(3)6-10-23/h5-14,17-18,20H,15-16,19H2,1-4H3,(H,30,32). The third-order valence-electron chi connectivity index (χ3n) is 6.17. The Morgan fingerprint density at radius 3 is 2.39 bits per heavy atom. The smallest absolute Gasteiger partial charge is 0.251 e. The van der Waals surface area contributed by atoms with E-state index in [0.717, 1.165) is 40.2 Å². The molecule has 1 N–H and O–H groups in total. The molecule has 1 aliphatic heterocycles. The fraction of sp³-hybridized carbons (Fsp3) is 0.276. The maximum Gasteiger partial charge on any atom is 0.251 e. The first-order valence-electron chi connectivity index (χ1n) is 11.5. The molecular formula is C29H32N2O2. The van der Waals surface area contributed by atoms with Gasteiger partial charge in [0.25, 0.3) is 5.91 Å². The average molecular weight is 441 g/mol. The van der Waals surface area contributed by atoms with E-state index in [1.165, 1.54) is 11.1 Å². The predicted octanol–water partition coefficient (Wildman–Crippen LogP) is 6.31. The van der Waals surface area contributed by atoms with Gasteiger partial charge >= 0.3 is 0 Å². The molecule has 0 radical (unpaired) electrons. The molecule has 0 bridgehead atoms. The van der Waals surface area contributed by atoms with E-state index in [1.54, 1.807) is 0 Å². The zero-order valence-electron chi connectivity index (χ0n) is 19.9. The highest BCUT2D eigenvalue weighted by Crippen LogP contribution is 2.31. The molecule has 4 rings (SSSR count). The normalized spacial score (nSPS) is 13.2. The summed E-state index contributed by atoms with van der Waals surface area (Å²) >= 11 is 0. The second-order valence-corrected chi connectivity index (χ2v) is 9.05. The quantitative estimate of drug-likeness (QED) is 0.489. The van der Waals surface area contributed by atoms with Gasteiger partial charge in [0.05, 0.1) is 6.61 Å². The highest BCUT2D eigenvalue weighted by Gasteiger charge is 2.16. The van der Waals surface area contributed by atoms with Gasteiger partial charge in [-0.1, -0.05) is 48.0 Å². The number of carbonyl (C=O) groups is 1. The molecule has 0 aliphatic carbocycles. The number of hydrogen-bond donors (Lipinski definition) is 1. The Kier molecular flexibility index (Phi) is 6.95. The lowest BCUT2D eigenvalue weighted by Crippen LogP contribution is -2.25. The minimum atomic E-state index is -0.0840. The minimum absolute atomic E-state index is 0.0840. The topological polar surface area (TPSA) is 41.6 Å². The SMILES string of the molecule is Cc1ccc(-c2ccc3c(c2)C=C(C(=O)Nc2ccc(CN(C)C(C)C)cc2)CCO3)cc1. The van der Waals surface area contributed by atoms with Crippen LogP contribution in [0.1, 0.15) is 37.0 Å². The van der Waals surface area contributed by atoms with E-state index >= 15 is 0 Å². The van der Waals surface area contributed by atoms with Crippen molar-refractivity contribution in [3.63, 3.8) is 0 Å². The summed E-state index contributed by atoms with van der Waals surface area (Å²) in [7, 11) is 2.11. The number of fused-ring (bicyclic) bond motifs is 1. The Balaban J connectivity index is 1.50. The molecule has 4 nitrogen and oxygen atoms in total. The number of anilines is 1. The van der Waals surface area contributed by atoms with Crippen molar-refractivity contribution in [3.05, 3.63) is 89.0 Å². The summed E-state index contributed by atoms with van der Waals surface area (Å²) in [5, 5.41) is 3.05. The van der Waals surface area contributed by atoms with Crippen molar-refractivity contribution < 1.29 is 9.53 Å². The average Bonchev–Trinajstić information content (AvgIpc) is 3.03. The largest absolute Gasteiger partial charge is 0.493 e.